The van der Waals surface area contributed by atoms with Crippen LogP contribution in [0.5, 0.6) is 5.75 Å². The van der Waals surface area contributed by atoms with Gasteiger partial charge in [-0.1, -0.05) is 23.4 Å². The molecule has 7 atom stereocenters. The summed E-state index contributed by atoms with van der Waals surface area (Å²) in [4.78, 5) is 49.7. The van der Waals surface area contributed by atoms with Gasteiger partial charge in [0.1, 0.15) is 31.2 Å². The van der Waals surface area contributed by atoms with E-state index in [0.717, 1.165) is 59.2 Å². The third kappa shape index (κ3) is 7.15. The van der Waals surface area contributed by atoms with E-state index in [1.54, 1.807) is 24.6 Å². The summed E-state index contributed by atoms with van der Waals surface area (Å²) in [5.41, 5.74) is 7.79. The van der Waals surface area contributed by atoms with Gasteiger partial charge in [0.2, 0.25) is 0 Å². The molecule has 1 aromatic carbocycles. The van der Waals surface area contributed by atoms with Crippen molar-refractivity contribution in [1.29, 1.82) is 0 Å². The number of halogens is 1. The van der Waals surface area contributed by atoms with Crippen molar-refractivity contribution in [3.8, 4) is 5.75 Å². The number of quaternary nitrogens is 1. The van der Waals surface area contributed by atoms with E-state index in [0.29, 0.717) is 29.2 Å². The number of Topliss-reactive ketones (excluding diaryl/α,β-unsaturated/α-hetero) is 1. The lowest BCUT2D eigenvalue weighted by atomic mass is 9.71. The summed E-state index contributed by atoms with van der Waals surface area (Å²) < 4.78 is 11.9. The number of aliphatic hydroxyl groups is 1. The van der Waals surface area contributed by atoms with Crippen LogP contribution < -0.4 is 39.8 Å². The first-order valence-corrected chi connectivity index (χ1v) is 17.6. The highest BCUT2D eigenvalue weighted by Crippen LogP contribution is 2.47. The zero-order chi connectivity index (χ0) is 33.3. The number of ketones is 1. The molecule has 48 heavy (non-hydrogen) atoms. The Morgan fingerprint density at radius 1 is 1.19 bits per heavy atom. The fourth-order valence-corrected chi connectivity index (χ4v) is 9.42. The van der Waals surface area contributed by atoms with Crippen molar-refractivity contribution in [3.05, 3.63) is 64.2 Å². The first-order valence-electron chi connectivity index (χ1n) is 15.6. The molecule has 258 valence electrons. The second kappa shape index (κ2) is 15.3. The summed E-state index contributed by atoms with van der Waals surface area (Å²) in [6, 6.07) is 7.23. The number of aromatic nitrogens is 1. The van der Waals surface area contributed by atoms with E-state index < -0.39 is 23.8 Å². The lowest BCUT2D eigenvalue weighted by molar-refractivity contribution is -0.944. The van der Waals surface area contributed by atoms with Crippen LogP contribution >= 0.6 is 23.1 Å². The van der Waals surface area contributed by atoms with Gasteiger partial charge in [-0.2, -0.15) is 11.8 Å². The second-order valence-electron chi connectivity index (χ2n) is 12.6. The molecule has 2 bridgehead atoms. The lowest BCUT2D eigenvalue weighted by Crippen LogP contribution is -3.00. The van der Waals surface area contributed by atoms with Gasteiger partial charge < -0.3 is 58.9 Å². The smallest absolute Gasteiger partial charge is 0.335 e. The van der Waals surface area contributed by atoms with Crippen molar-refractivity contribution in [2.24, 2.45) is 11.1 Å². The van der Waals surface area contributed by atoms with E-state index in [1.165, 1.54) is 18.9 Å². The highest BCUT2D eigenvalue weighted by atomic mass is 127. The van der Waals surface area contributed by atoms with E-state index in [2.05, 4.69) is 28.6 Å². The molecule has 0 radical (unpaired) electrons. The van der Waals surface area contributed by atoms with Crippen molar-refractivity contribution in [1.82, 2.24) is 10.3 Å². The number of amides is 1. The summed E-state index contributed by atoms with van der Waals surface area (Å²) in [7, 11) is 5.16. The minimum atomic E-state index is -0.828. The molecule has 1 aliphatic carbocycles. The molecule has 3 fully saturated rings. The summed E-state index contributed by atoms with van der Waals surface area (Å²) in [6.07, 6.45) is 7.65. The van der Waals surface area contributed by atoms with Crippen molar-refractivity contribution in [3.63, 3.8) is 0 Å². The van der Waals surface area contributed by atoms with Gasteiger partial charge in [0.25, 0.3) is 5.91 Å². The summed E-state index contributed by atoms with van der Waals surface area (Å²) >= 11 is 2.69. The Morgan fingerprint density at radius 3 is 2.52 bits per heavy atom. The summed E-state index contributed by atoms with van der Waals surface area (Å²) in [5.74, 6) is -0.997. The standard InChI is InChI=1S/C33H39N5O7S2.HI/c1-38(20-8-9-21(38)14-22(39)13-20)12-4-5-19-16-46-30-26(25(19)32(42)45-15-18-6-10-23(43-2)11-7-18)29(40)28(30)36-31(41)27(37-44-3)24-17-47-33(34)35-24;/h4-7,10-11,17,20-22,26,28,30,39H,8-9,12-16H2,1-3H3,(H2-,34,35,36,41);1H/b5-4+,37-27-;/t20-,21+,22?,26?,28-,30+,38?;/m1./s1. The van der Waals surface area contributed by atoms with Crippen LogP contribution in [0.4, 0.5) is 5.13 Å². The van der Waals surface area contributed by atoms with Gasteiger partial charge in [0.05, 0.1) is 50.4 Å². The number of hydrogen-bond acceptors (Lipinski definition) is 12. The van der Waals surface area contributed by atoms with Gasteiger partial charge >= 0.3 is 5.97 Å². The number of rotatable bonds is 11. The number of nitrogen functional groups attached to an aromatic ring is 1. The topological polar surface area (TPSA) is 162 Å². The van der Waals surface area contributed by atoms with Gasteiger partial charge in [0, 0.05) is 42.1 Å². The number of carbonyl (C=O) groups is 3. The Morgan fingerprint density at radius 2 is 1.90 bits per heavy atom. The van der Waals surface area contributed by atoms with Gasteiger partial charge in [-0.15, -0.1) is 11.3 Å². The normalized spacial score (nSPS) is 29.5. The molecule has 4 aliphatic rings. The largest absolute Gasteiger partial charge is 1.00 e. The van der Waals surface area contributed by atoms with Crippen LogP contribution in [0.2, 0.25) is 0 Å². The molecule has 4 N–H and O–H groups in total. The molecule has 0 spiro atoms. The molecule has 1 saturated carbocycles. The minimum Gasteiger partial charge on any atom is -1.00 e. The maximum atomic E-state index is 13.8. The first kappa shape index (κ1) is 36.3. The average molecular weight is 810 g/mol. The number of likely N-dealkylation sites (N-methyl/N-ethyl adjacent to an activating group) is 1. The Kier molecular flexibility index (Phi) is 11.5. The second-order valence-corrected chi connectivity index (χ2v) is 14.7. The van der Waals surface area contributed by atoms with Crippen molar-refractivity contribution in [2.75, 3.05) is 39.3 Å². The van der Waals surface area contributed by atoms with E-state index in [9.17, 15) is 19.5 Å². The number of fused-ring (bicyclic) bond motifs is 3. The third-order valence-electron chi connectivity index (χ3n) is 9.96. The van der Waals surface area contributed by atoms with Crippen LogP contribution in [-0.2, 0) is 30.6 Å². The zero-order valence-corrected chi connectivity index (χ0v) is 30.8. The number of piperidine rings is 1. The molecule has 2 aromatic rings. The molecule has 6 rings (SSSR count). The number of aliphatic hydroxyl groups excluding tert-OH is 1. The predicted molar refractivity (Wildman–Crippen MR) is 179 cm³/mol. The molecule has 2 saturated heterocycles. The lowest BCUT2D eigenvalue weighted by Gasteiger charge is -2.46. The fraction of sp³-hybridized carbons (Fsp3) is 0.485. The Labute approximate surface area is 304 Å². The molecule has 3 aliphatic heterocycles. The third-order valence-corrected chi connectivity index (χ3v) is 12.0. The Balaban J connectivity index is 0.00000451. The SMILES string of the molecule is CO/N=C(\C(=O)N[C@@H]1C(=O)C2C(C(=O)OCc3ccc(OC)cc3)=C(/C=C/C[N+]3(C)[C@@H]4CC[C@H]3CC(O)C4)CS[C@@H]21)c1csc(N)n1.[I-]. The molecule has 3 unspecified atom stereocenters. The molecule has 4 heterocycles. The zero-order valence-electron chi connectivity index (χ0n) is 27.0. The maximum Gasteiger partial charge on any atom is 0.335 e. The van der Waals surface area contributed by atoms with Crippen LogP contribution in [0, 0.1) is 5.92 Å². The van der Waals surface area contributed by atoms with Crippen molar-refractivity contribution >= 4 is 51.6 Å². The van der Waals surface area contributed by atoms with Gasteiger partial charge in [-0.05, 0) is 29.3 Å². The predicted octanol–water partition coefficient (Wildman–Crippen LogP) is -0.384. The number of allylic oxidation sites excluding steroid dienone is 1. The van der Waals surface area contributed by atoms with Crippen LogP contribution in [0.1, 0.15) is 36.9 Å². The quantitative estimate of drug-likeness (QED) is 0.0898. The molecule has 1 aromatic heterocycles. The van der Waals surface area contributed by atoms with Crippen molar-refractivity contribution < 1.29 is 62.3 Å². The van der Waals surface area contributed by atoms with E-state index in [1.807, 2.05) is 18.2 Å². The van der Waals surface area contributed by atoms with Gasteiger partial charge in [-0.3, -0.25) is 9.59 Å². The minimum absolute atomic E-state index is 0. The number of thioether (sulfide) groups is 1. The van der Waals surface area contributed by atoms with Gasteiger partial charge in [0.15, 0.2) is 16.6 Å². The maximum absolute atomic E-state index is 13.8. The number of thiazole rings is 1. The highest BCUT2D eigenvalue weighted by Gasteiger charge is 2.57. The number of methoxy groups -OCH3 is 1. The van der Waals surface area contributed by atoms with E-state index >= 15 is 0 Å². The Bertz CT molecular complexity index is 1610. The number of benzene rings is 1. The van der Waals surface area contributed by atoms with Crippen LogP contribution in [0.15, 0.2) is 58.1 Å². The number of hydrogen-bond donors (Lipinski definition) is 3. The molecular weight excluding hydrogens is 769 g/mol. The molecule has 12 nitrogen and oxygen atoms in total. The van der Waals surface area contributed by atoms with Crippen LogP contribution in [-0.4, -0.2) is 101 Å². The Hall–Kier alpha value is -2.99. The highest BCUT2D eigenvalue weighted by molar-refractivity contribution is 8.00. The summed E-state index contributed by atoms with van der Waals surface area (Å²) in [5, 5.41) is 18.4. The number of nitrogens with zero attached hydrogens (tertiary/aromatic N) is 3. The number of nitrogens with one attached hydrogen (secondary N) is 1. The molecule has 1 amide bonds. The van der Waals surface area contributed by atoms with Crippen LogP contribution in [0.3, 0.4) is 0 Å². The number of anilines is 1. The first-order chi connectivity index (χ1) is 22.6. The fourth-order valence-electron chi connectivity index (χ4n) is 7.39. The number of ether oxygens (including phenoxy) is 2. The monoisotopic (exact) mass is 809 g/mol. The number of nitrogens with two attached hydrogens (primary N) is 1. The number of esters is 1. The van der Waals surface area contributed by atoms with Gasteiger partial charge in [-0.25, -0.2) is 9.78 Å². The van der Waals surface area contributed by atoms with Crippen molar-refractivity contribution in [2.45, 2.75) is 61.8 Å². The van der Waals surface area contributed by atoms with E-state index in [-0.39, 0.29) is 64.3 Å². The summed E-state index contributed by atoms with van der Waals surface area (Å²) in [6.45, 7) is 0.810. The average Bonchev–Trinajstić information content (AvgIpc) is 3.54. The molecule has 15 heteroatoms. The van der Waals surface area contributed by atoms with E-state index in [4.69, 9.17) is 20.0 Å². The molecular formula is C33H40IN5O7S2. The van der Waals surface area contributed by atoms with Crippen LogP contribution in [0.25, 0.3) is 0 Å². The number of carbonyl (C=O) groups excluding carboxylic acids is 3. The number of oxime groups is 1.